The lowest BCUT2D eigenvalue weighted by Crippen LogP contribution is -2.48. The van der Waals surface area contributed by atoms with Crippen LogP contribution < -0.4 is 0 Å². The fourth-order valence-electron chi connectivity index (χ4n) is 2.79. The van der Waals surface area contributed by atoms with Gasteiger partial charge in [-0.15, -0.1) is 0 Å². The van der Waals surface area contributed by atoms with Crippen molar-refractivity contribution in [3.05, 3.63) is 52.9 Å². The SMILES string of the molecule is Cc1cc(Cl)ccc1S(=O)(=O)N1CCN(Cc2ccco2)CC1. The van der Waals surface area contributed by atoms with Crippen molar-refractivity contribution in [2.24, 2.45) is 0 Å². The minimum Gasteiger partial charge on any atom is -0.468 e. The van der Waals surface area contributed by atoms with Gasteiger partial charge < -0.3 is 4.42 Å². The Morgan fingerprint density at radius 3 is 2.52 bits per heavy atom. The molecule has 0 N–H and O–H groups in total. The number of nitrogens with zero attached hydrogens (tertiary/aromatic N) is 2. The van der Waals surface area contributed by atoms with Crippen molar-refractivity contribution >= 4 is 21.6 Å². The molecule has 1 saturated heterocycles. The second kappa shape index (κ2) is 6.65. The van der Waals surface area contributed by atoms with Crippen molar-refractivity contribution in [1.82, 2.24) is 9.21 Å². The van der Waals surface area contributed by atoms with E-state index in [1.807, 2.05) is 12.1 Å². The van der Waals surface area contributed by atoms with Crippen LogP contribution in [0.1, 0.15) is 11.3 Å². The van der Waals surface area contributed by atoms with Gasteiger partial charge in [0.1, 0.15) is 5.76 Å². The molecule has 1 aliphatic heterocycles. The molecule has 0 unspecified atom stereocenters. The first kappa shape index (κ1) is 16.5. The zero-order chi connectivity index (χ0) is 16.4. The van der Waals surface area contributed by atoms with Gasteiger partial charge in [0.15, 0.2) is 0 Å². The van der Waals surface area contributed by atoms with Crippen molar-refractivity contribution in [2.45, 2.75) is 18.4 Å². The molecule has 1 aromatic carbocycles. The molecule has 124 valence electrons. The third kappa shape index (κ3) is 3.61. The summed E-state index contributed by atoms with van der Waals surface area (Å²) < 4.78 is 32.5. The molecule has 2 aromatic rings. The molecule has 3 rings (SSSR count). The molecular weight excluding hydrogens is 336 g/mol. The lowest BCUT2D eigenvalue weighted by atomic mass is 10.2. The monoisotopic (exact) mass is 354 g/mol. The topological polar surface area (TPSA) is 53.8 Å². The minimum absolute atomic E-state index is 0.335. The highest BCUT2D eigenvalue weighted by atomic mass is 35.5. The summed E-state index contributed by atoms with van der Waals surface area (Å²) in [5.74, 6) is 0.898. The van der Waals surface area contributed by atoms with Gasteiger partial charge in [-0.25, -0.2) is 8.42 Å². The van der Waals surface area contributed by atoms with Gasteiger partial charge in [-0.1, -0.05) is 11.6 Å². The normalized spacial score (nSPS) is 17.5. The summed E-state index contributed by atoms with van der Waals surface area (Å²) in [5.41, 5.74) is 0.676. The van der Waals surface area contributed by atoms with Gasteiger partial charge >= 0.3 is 0 Å². The molecule has 1 fully saturated rings. The molecular formula is C16H19ClN2O3S. The zero-order valence-corrected chi connectivity index (χ0v) is 14.5. The summed E-state index contributed by atoms with van der Waals surface area (Å²) in [6.07, 6.45) is 1.65. The van der Waals surface area contributed by atoms with E-state index in [0.717, 1.165) is 5.76 Å². The van der Waals surface area contributed by atoms with Crippen LogP contribution in [0.15, 0.2) is 45.9 Å². The summed E-state index contributed by atoms with van der Waals surface area (Å²) in [4.78, 5) is 2.53. The Morgan fingerprint density at radius 1 is 1.17 bits per heavy atom. The molecule has 5 nitrogen and oxygen atoms in total. The van der Waals surface area contributed by atoms with Crippen LogP contribution in [0.2, 0.25) is 5.02 Å². The standard InChI is InChI=1S/C16H19ClN2O3S/c1-13-11-14(17)4-5-16(13)23(20,21)19-8-6-18(7-9-19)12-15-3-2-10-22-15/h2-5,10-11H,6-9,12H2,1H3. The summed E-state index contributed by atoms with van der Waals surface area (Å²) in [6, 6.07) is 8.68. The molecule has 1 aromatic heterocycles. The molecule has 1 aliphatic rings. The summed E-state index contributed by atoms with van der Waals surface area (Å²) in [6.45, 7) is 4.81. The Kier molecular flexibility index (Phi) is 4.77. The van der Waals surface area contributed by atoms with Crippen LogP contribution in [0.25, 0.3) is 0 Å². The molecule has 0 radical (unpaired) electrons. The van der Waals surface area contributed by atoms with Crippen LogP contribution >= 0.6 is 11.6 Å². The van der Waals surface area contributed by atoms with Crippen LogP contribution in [-0.4, -0.2) is 43.8 Å². The van der Waals surface area contributed by atoms with E-state index < -0.39 is 10.0 Å². The summed E-state index contributed by atoms with van der Waals surface area (Å²) >= 11 is 5.92. The zero-order valence-electron chi connectivity index (χ0n) is 12.9. The van der Waals surface area contributed by atoms with Crippen LogP contribution in [0, 0.1) is 6.92 Å². The lowest BCUT2D eigenvalue weighted by molar-refractivity contribution is 0.171. The van der Waals surface area contributed by atoms with Gasteiger partial charge in [0.2, 0.25) is 10.0 Å². The van der Waals surface area contributed by atoms with Gasteiger partial charge in [0, 0.05) is 31.2 Å². The predicted molar refractivity (Wildman–Crippen MR) is 88.9 cm³/mol. The Balaban J connectivity index is 1.68. The summed E-state index contributed by atoms with van der Waals surface area (Å²) in [5, 5.41) is 0.546. The second-order valence-corrected chi connectivity index (χ2v) is 8.01. The molecule has 0 atom stereocenters. The van der Waals surface area contributed by atoms with Crippen molar-refractivity contribution in [1.29, 1.82) is 0 Å². The van der Waals surface area contributed by atoms with E-state index in [0.29, 0.717) is 48.2 Å². The molecule has 0 saturated carbocycles. The Labute approximate surface area is 141 Å². The van der Waals surface area contributed by atoms with Crippen LogP contribution in [-0.2, 0) is 16.6 Å². The van der Waals surface area contributed by atoms with Gasteiger partial charge in [0.05, 0.1) is 17.7 Å². The van der Waals surface area contributed by atoms with Crippen LogP contribution in [0.5, 0.6) is 0 Å². The fraction of sp³-hybridized carbons (Fsp3) is 0.375. The number of benzene rings is 1. The third-order valence-electron chi connectivity index (χ3n) is 4.05. The highest BCUT2D eigenvalue weighted by Crippen LogP contribution is 2.24. The molecule has 0 bridgehead atoms. The largest absolute Gasteiger partial charge is 0.468 e. The summed E-state index contributed by atoms with van der Waals surface area (Å²) in [7, 11) is -3.47. The Morgan fingerprint density at radius 2 is 1.91 bits per heavy atom. The molecule has 0 aliphatic carbocycles. The van der Waals surface area contributed by atoms with Gasteiger partial charge in [0.25, 0.3) is 0 Å². The maximum absolute atomic E-state index is 12.8. The van der Waals surface area contributed by atoms with Crippen molar-refractivity contribution in [3.63, 3.8) is 0 Å². The average Bonchev–Trinajstić information content (AvgIpc) is 3.00. The van der Waals surface area contributed by atoms with E-state index in [4.69, 9.17) is 16.0 Å². The lowest BCUT2D eigenvalue weighted by Gasteiger charge is -2.33. The van der Waals surface area contributed by atoms with Crippen molar-refractivity contribution in [2.75, 3.05) is 26.2 Å². The number of piperazine rings is 1. The number of rotatable bonds is 4. The van der Waals surface area contributed by atoms with E-state index in [9.17, 15) is 8.42 Å². The first-order chi connectivity index (χ1) is 11.0. The number of sulfonamides is 1. The number of halogens is 1. The first-order valence-corrected chi connectivity index (χ1v) is 9.29. The predicted octanol–water partition coefficient (Wildman–Crippen LogP) is 2.75. The van der Waals surface area contributed by atoms with Crippen molar-refractivity contribution in [3.8, 4) is 0 Å². The van der Waals surface area contributed by atoms with E-state index in [1.54, 1.807) is 35.7 Å². The number of aryl methyl sites for hydroxylation is 1. The van der Waals surface area contributed by atoms with Gasteiger partial charge in [-0.3, -0.25) is 4.90 Å². The van der Waals surface area contributed by atoms with Crippen molar-refractivity contribution < 1.29 is 12.8 Å². The molecule has 23 heavy (non-hydrogen) atoms. The smallest absolute Gasteiger partial charge is 0.243 e. The highest BCUT2D eigenvalue weighted by molar-refractivity contribution is 7.89. The Bertz CT molecular complexity index is 767. The molecule has 2 heterocycles. The van der Waals surface area contributed by atoms with E-state index in [-0.39, 0.29) is 0 Å². The highest BCUT2D eigenvalue weighted by Gasteiger charge is 2.29. The van der Waals surface area contributed by atoms with Gasteiger partial charge in [-0.2, -0.15) is 4.31 Å². The minimum atomic E-state index is -3.47. The average molecular weight is 355 g/mol. The Hall–Kier alpha value is -1.34. The van der Waals surface area contributed by atoms with Crippen LogP contribution in [0.3, 0.4) is 0 Å². The van der Waals surface area contributed by atoms with Gasteiger partial charge in [-0.05, 0) is 42.8 Å². The number of hydrogen-bond acceptors (Lipinski definition) is 4. The fourth-order valence-corrected chi connectivity index (χ4v) is 4.65. The quantitative estimate of drug-likeness (QED) is 0.847. The van der Waals surface area contributed by atoms with Crippen LogP contribution in [0.4, 0.5) is 0 Å². The van der Waals surface area contributed by atoms with E-state index in [2.05, 4.69) is 4.90 Å². The van der Waals surface area contributed by atoms with E-state index in [1.165, 1.54) is 0 Å². The number of furan rings is 1. The maximum atomic E-state index is 12.8. The van der Waals surface area contributed by atoms with E-state index >= 15 is 0 Å². The molecule has 0 amide bonds. The molecule has 7 heteroatoms. The maximum Gasteiger partial charge on any atom is 0.243 e. The second-order valence-electron chi connectivity index (χ2n) is 5.67. The number of hydrogen-bond donors (Lipinski definition) is 0. The first-order valence-electron chi connectivity index (χ1n) is 7.48. The third-order valence-corrected chi connectivity index (χ3v) is 6.34. The molecule has 0 spiro atoms.